The van der Waals surface area contributed by atoms with Crippen LogP contribution in [0.4, 0.5) is 5.69 Å². The number of nitrogens with one attached hydrogen (secondary N) is 1. The number of nitrogens with zero attached hydrogens (tertiary/aromatic N) is 3. The minimum absolute atomic E-state index is 0.00824. The maximum Gasteiger partial charge on any atom is 0.316 e. The molecule has 10 heteroatoms. The summed E-state index contributed by atoms with van der Waals surface area (Å²) in [6, 6.07) is 12.6. The van der Waals surface area contributed by atoms with Crippen LogP contribution in [0.5, 0.6) is 0 Å². The third kappa shape index (κ3) is 4.07. The number of para-hydroxylation sites is 2. The molecule has 0 fully saturated rings. The lowest BCUT2D eigenvalue weighted by atomic mass is 10.2. The van der Waals surface area contributed by atoms with E-state index in [1.54, 1.807) is 24.3 Å². The molecule has 0 saturated carbocycles. The minimum atomic E-state index is -0.536. The molecule has 4 aromatic rings. The van der Waals surface area contributed by atoms with Crippen LogP contribution in [0.3, 0.4) is 0 Å². The van der Waals surface area contributed by atoms with Crippen molar-refractivity contribution >= 4 is 63.2 Å². The van der Waals surface area contributed by atoms with Crippen LogP contribution in [0, 0.1) is 0 Å². The van der Waals surface area contributed by atoms with E-state index < -0.39 is 11.9 Å². The van der Waals surface area contributed by atoms with Crippen LogP contribution < -0.4 is 5.32 Å². The molecule has 1 N–H and O–H groups in total. The smallest absolute Gasteiger partial charge is 0.316 e. The standard InChI is InChI=1S/C17H12N4O4S2/c22-14(18-11-5-3-6-12-16(11)21-27-20-12)8-24-15(23)9-26-17-19-10-4-1-2-7-13(10)25-17/h1-7H,8-9H2,(H,18,22). The largest absolute Gasteiger partial charge is 0.455 e. The SMILES string of the molecule is O=C(COC(=O)CSc1nc2ccccc2o1)Nc1cccc2nsnc12. The number of oxazole rings is 1. The second-order valence-electron chi connectivity index (χ2n) is 5.38. The fraction of sp³-hybridized carbons (Fsp3) is 0.118. The molecule has 0 spiro atoms. The molecular weight excluding hydrogens is 388 g/mol. The molecule has 8 nitrogen and oxygen atoms in total. The first-order valence-electron chi connectivity index (χ1n) is 7.84. The quantitative estimate of drug-likeness (QED) is 0.389. The van der Waals surface area contributed by atoms with E-state index in [9.17, 15) is 9.59 Å². The monoisotopic (exact) mass is 400 g/mol. The molecule has 0 bridgehead atoms. The van der Waals surface area contributed by atoms with Gasteiger partial charge in [0.2, 0.25) is 0 Å². The molecule has 2 aromatic carbocycles. The van der Waals surface area contributed by atoms with Crippen molar-refractivity contribution in [3.8, 4) is 0 Å². The highest BCUT2D eigenvalue weighted by atomic mass is 32.2. The van der Waals surface area contributed by atoms with Gasteiger partial charge >= 0.3 is 5.97 Å². The number of thioether (sulfide) groups is 1. The maximum absolute atomic E-state index is 12.0. The maximum atomic E-state index is 12.0. The molecule has 0 aliphatic heterocycles. The fourth-order valence-corrected chi connectivity index (χ4v) is 3.50. The van der Waals surface area contributed by atoms with Crippen LogP contribution in [0.2, 0.25) is 0 Å². The second-order valence-corrected chi connectivity index (χ2v) is 6.84. The number of anilines is 1. The van der Waals surface area contributed by atoms with Crippen molar-refractivity contribution in [3.05, 3.63) is 42.5 Å². The van der Waals surface area contributed by atoms with E-state index in [2.05, 4.69) is 19.0 Å². The van der Waals surface area contributed by atoms with Gasteiger partial charge in [-0.3, -0.25) is 9.59 Å². The van der Waals surface area contributed by atoms with Crippen LogP contribution in [-0.2, 0) is 14.3 Å². The van der Waals surface area contributed by atoms with Gasteiger partial charge < -0.3 is 14.5 Å². The summed E-state index contributed by atoms with van der Waals surface area (Å²) in [4.78, 5) is 28.1. The summed E-state index contributed by atoms with van der Waals surface area (Å²) in [5, 5.41) is 3.04. The normalized spacial score (nSPS) is 11.0. The van der Waals surface area contributed by atoms with Crippen LogP contribution in [0.1, 0.15) is 0 Å². The average molecular weight is 400 g/mol. The van der Waals surface area contributed by atoms with Crippen molar-refractivity contribution in [2.75, 3.05) is 17.7 Å². The highest BCUT2D eigenvalue weighted by Crippen LogP contribution is 2.23. The number of hydrogen-bond donors (Lipinski definition) is 1. The first-order valence-corrected chi connectivity index (χ1v) is 9.56. The number of rotatable bonds is 6. The fourth-order valence-electron chi connectivity index (χ4n) is 2.31. The number of benzene rings is 2. The molecule has 2 aromatic heterocycles. The molecule has 0 aliphatic carbocycles. The topological polar surface area (TPSA) is 107 Å². The highest BCUT2D eigenvalue weighted by molar-refractivity contribution is 7.99. The van der Waals surface area contributed by atoms with Crippen molar-refractivity contribution in [1.29, 1.82) is 0 Å². The molecular formula is C17H12N4O4S2. The van der Waals surface area contributed by atoms with Gasteiger partial charge in [-0.15, -0.1) is 0 Å². The third-order valence-electron chi connectivity index (χ3n) is 3.51. The number of carbonyl (C=O) groups is 2. The minimum Gasteiger partial charge on any atom is -0.455 e. The van der Waals surface area contributed by atoms with E-state index in [4.69, 9.17) is 9.15 Å². The molecule has 27 heavy (non-hydrogen) atoms. The molecule has 0 saturated heterocycles. The van der Waals surface area contributed by atoms with Gasteiger partial charge in [-0.25, -0.2) is 4.98 Å². The van der Waals surface area contributed by atoms with Crippen molar-refractivity contribution in [2.45, 2.75) is 5.22 Å². The summed E-state index contributed by atoms with van der Waals surface area (Å²) in [7, 11) is 0. The lowest BCUT2D eigenvalue weighted by molar-refractivity contribution is -0.144. The zero-order valence-corrected chi connectivity index (χ0v) is 15.4. The van der Waals surface area contributed by atoms with Gasteiger partial charge in [0.05, 0.1) is 17.4 Å². The second kappa shape index (κ2) is 7.72. The zero-order valence-electron chi connectivity index (χ0n) is 13.7. The van der Waals surface area contributed by atoms with Gasteiger partial charge in [0.25, 0.3) is 11.1 Å². The number of carbonyl (C=O) groups excluding carboxylic acids is 2. The van der Waals surface area contributed by atoms with E-state index in [0.717, 1.165) is 29.0 Å². The van der Waals surface area contributed by atoms with Gasteiger partial charge in [0.1, 0.15) is 22.3 Å². The van der Waals surface area contributed by atoms with Crippen LogP contribution >= 0.6 is 23.5 Å². The highest BCUT2D eigenvalue weighted by Gasteiger charge is 2.13. The van der Waals surface area contributed by atoms with Crippen LogP contribution in [0.15, 0.2) is 52.1 Å². The van der Waals surface area contributed by atoms with Crippen molar-refractivity contribution in [1.82, 2.24) is 13.7 Å². The zero-order chi connectivity index (χ0) is 18.6. The summed E-state index contributed by atoms with van der Waals surface area (Å²) >= 11 is 2.18. The van der Waals surface area contributed by atoms with Crippen molar-refractivity contribution in [3.63, 3.8) is 0 Å². The Morgan fingerprint density at radius 3 is 2.85 bits per heavy atom. The Morgan fingerprint density at radius 2 is 1.96 bits per heavy atom. The Balaban J connectivity index is 1.27. The number of aromatic nitrogens is 3. The Hall–Kier alpha value is -2.98. The van der Waals surface area contributed by atoms with Gasteiger partial charge in [-0.2, -0.15) is 8.75 Å². The predicted molar refractivity (Wildman–Crippen MR) is 102 cm³/mol. The Morgan fingerprint density at radius 1 is 1.11 bits per heavy atom. The van der Waals surface area contributed by atoms with E-state index in [-0.39, 0.29) is 12.4 Å². The number of fused-ring (bicyclic) bond motifs is 2. The Labute approximate surface area is 161 Å². The molecule has 0 aliphatic rings. The third-order valence-corrected chi connectivity index (χ3v) is 4.86. The van der Waals surface area contributed by atoms with E-state index in [0.29, 0.717) is 27.5 Å². The number of esters is 1. The summed E-state index contributed by atoms with van der Waals surface area (Å²) in [6.45, 7) is -0.388. The lowest BCUT2D eigenvalue weighted by Gasteiger charge is -2.06. The van der Waals surface area contributed by atoms with Gasteiger partial charge in [0, 0.05) is 0 Å². The van der Waals surface area contributed by atoms with Crippen LogP contribution in [-0.4, -0.2) is 38.0 Å². The number of amides is 1. The number of ether oxygens (including phenoxy) is 1. The molecule has 136 valence electrons. The molecule has 2 heterocycles. The van der Waals surface area contributed by atoms with E-state index >= 15 is 0 Å². The van der Waals surface area contributed by atoms with E-state index in [1.165, 1.54) is 0 Å². The number of hydrogen-bond acceptors (Lipinski definition) is 9. The average Bonchev–Trinajstić information content (AvgIpc) is 3.31. The Kier molecular flexibility index (Phi) is 4.99. The molecule has 0 unspecified atom stereocenters. The van der Waals surface area contributed by atoms with Crippen LogP contribution in [0.25, 0.3) is 22.1 Å². The summed E-state index contributed by atoms with van der Waals surface area (Å²) < 4.78 is 18.7. The van der Waals surface area contributed by atoms with Gasteiger partial charge in [-0.1, -0.05) is 30.0 Å². The molecule has 1 amide bonds. The van der Waals surface area contributed by atoms with Gasteiger partial charge in [-0.05, 0) is 24.3 Å². The first kappa shape index (κ1) is 17.4. The molecule has 0 atom stereocenters. The molecule has 4 rings (SSSR count). The lowest BCUT2D eigenvalue weighted by Crippen LogP contribution is -2.21. The van der Waals surface area contributed by atoms with Crippen molar-refractivity contribution in [2.24, 2.45) is 0 Å². The predicted octanol–water partition coefficient (Wildman–Crippen LogP) is 3.11. The van der Waals surface area contributed by atoms with Gasteiger partial charge in [0.15, 0.2) is 12.2 Å². The summed E-state index contributed by atoms with van der Waals surface area (Å²) in [5.74, 6) is -0.993. The first-order chi connectivity index (χ1) is 13.2. The van der Waals surface area contributed by atoms with E-state index in [1.807, 2.05) is 18.2 Å². The molecule has 0 radical (unpaired) electrons. The van der Waals surface area contributed by atoms with Crippen molar-refractivity contribution < 1.29 is 18.7 Å². The Bertz CT molecular complexity index is 1090. The summed E-state index contributed by atoms with van der Waals surface area (Å²) in [6.07, 6.45) is 0. The summed E-state index contributed by atoms with van der Waals surface area (Å²) in [5.41, 5.74) is 3.21.